The zero-order valence-corrected chi connectivity index (χ0v) is 12.4. The molecule has 1 aromatic rings. The lowest BCUT2D eigenvalue weighted by molar-refractivity contribution is 0.189. The number of para-hydroxylation sites is 1. The van der Waals surface area contributed by atoms with Gasteiger partial charge in [-0.3, -0.25) is 0 Å². The van der Waals surface area contributed by atoms with Gasteiger partial charge in [0.15, 0.2) is 0 Å². The molecule has 0 saturated carbocycles. The fourth-order valence-corrected chi connectivity index (χ4v) is 4.07. The lowest BCUT2D eigenvalue weighted by atomic mass is 9.73. The highest BCUT2D eigenvalue weighted by Crippen LogP contribution is 2.47. The van der Waals surface area contributed by atoms with Crippen LogP contribution >= 0.6 is 0 Å². The van der Waals surface area contributed by atoms with E-state index < -0.39 is 0 Å². The van der Waals surface area contributed by atoms with Crippen LogP contribution in [-0.4, -0.2) is 18.0 Å². The number of piperidine rings is 1. The molecule has 106 valence electrons. The van der Waals surface area contributed by atoms with E-state index >= 15 is 0 Å². The molecule has 21 heavy (non-hydrogen) atoms. The lowest BCUT2D eigenvalue weighted by Gasteiger charge is -2.45. The lowest BCUT2D eigenvalue weighted by Crippen LogP contribution is -2.43. The predicted octanol–water partition coefficient (Wildman–Crippen LogP) is 2.10. The fourth-order valence-electron chi connectivity index (χ4n) is 4.07. The van der Waals surface area contributed by atoms with Crippen LogP contribution in [0.4, 0.5) is 0 Å². The first-order chi connectivity index (χ1) is 10.3. The summed E-state index contributed by atoms with van der Waals surface area (Å²) in [6, 6.07) is 11.0. The van der Waals surface area contributed by atoms with Crippen LogP contribution in [-0.2, 0) is 0 Å². The Bertz CT molecular complexity index is 796. The normalized spacial score (nSPS) is 26.7. The van der Waals surface area contributed by atoms with Gasteiger partial charge in [0.05, 0.1) is 28.2 Å². The second-order valence-corrected chi connectivity index (χ2v) is 6.19. The van der Waals surface area contributed by atoms with Crippen molar-refractivity contribution in [3.8, 4) is 6.07 Å². The van der Waals surface area contributed by atoms with E-state index in [9.17, 15) is 5.26 Å². The Morgan fingerprint density at radius 3 is 3.00 bits per heavy atom. The predicted molar refractivity (Wildman–Crippen MR) is 81.4 cm³/mol. The third-order valence-electron chi connectivity index (χ3n) is 5.22. The molecule has 1 atom stereocenters. The molecule has 0 bridgehead atoms. The quantitative estimate of drug-likeness (QED) is 0.788. The smallest absolute Gasteiger partial charge is 0.0989 e. The summed E-state index contributed by atoms with van der Waals surface area (Å²) in [6.45, 7) is 4.24. The van der Waals surface area contributed by atoms with Crippen LogP contribution < -0.4 is 10.6 Å². The average molecular weight is 277 g/mol. The molecule has 0 radical (unpaired) electrons. The van der Waals surface area contributed by atoms with Gasteiger partial charge in [0.25, 0.3) is 0 Å². The van der Waals surface area contributed by atoms with Gasteiger partial charge in [-0.1, -0.05) is 25.1 Å². The first kappa shape index (κ1) is 12.6. The van der Waals surface area contributed by atoms with Crippen molar-refractivity contribution in [1.82, 2.24) is 4.90 Å². The summed E-state index contributed by atoms with van der Waals surface area (Å²) in [6.07, 6.45) is 4.00. The molecule has 0 aromatic heterocycles. The number of rotatable bonds is 1. The van der Waals surface area contributed by atoms with Gasteiger partial charge < -0.3 is 4.90 Å². The second-order valence-electron chi connectivity index (χ2n) is 6.19. The Morgan fingerprint density at radius 1 is 1.33 bits per heavy atom. The molecule has 1 saturated heterocycles. The Balaban J connectivity index is 2.04. The third-order valence-corrected chi connectivity index (χ3v) is 5.22. The molecule has 3 aliphatic rings. The Morgan fingerprint density at radius 2 is 2.19 bits per heavy atom. The maximum absolute atomic E-state index is 9.86. The minimum absolute atomic E-state index is 0.342. The summed E-state index contributed by atoms with van der Waals surface area (Å²) in [5, 5.41) is 12.2. The summed E-state index contributed by atoms with van der Waals surface area (Å²) < 4.78 is 0. The highest BCUT2D eigenvalue weighted by Gasteiger charge is 2.43. The van der Waals surface area contributed by atoms with E-state index in [4.69, 9.17) is 4.99 Å². The van der Waals surface area contributed by atoms with Crippen LogP contribution in [0.2, 0.25) is 0 Å². The van der Waals surface area contributed by atoms with Crippen molar-refractivity contribution in [2.75, 3.05) is 13.1 Å². The molecule has 4 rings (SSSR count). The maximum atomic E-state index is 9.86. The highest BCUT2D eigenvalue weighted by atomic mass is 15.2. The first-order valence-electron chi connectivity index (χ1n) is 7.87. The molecule has 1 aromatic carbocycles. The molecular weight excluding hydrogens is 258 g/mol. The van der Waals surface area contributed by atoms with Crippen molar-refractivity contribution >= 4 is 5.57 Å². The minimum atomic E-state index is -0.342. The van der Waals surface area contributed by atoms with Gasteiger partial charge in [-0.25, -0.2) is 4.99 Å². The molecule has 3 heterocycles. The molecule has 3 nitrogen and oxygen atoms in total. The van der Waals surface area contributed by atoms with Gasteiger partial charge in [-0.05, 0) is 37.3 Å². The van der Waals surface area contributed by atoms with Crippen LogP contribution in [0, 0.1) is 16.7 Å². The molecule has 3 heteroatoms. The van der Waals surface area contributed by atoms with Crippen molar-refractivity contribution in [1.29, 1.82) is 5.26 Å². The van der Waals surface area contributed by atoms with Crippen LogP contribution in [0.15, 0.2) is 40.7 Å². The van der Waals surface area contributed by atoms with E-state index in [1.165, 1.54) is 16.5 Å². The highest BCUT2D eigenvalue weighted by molar-refractivity contribution is 5.69. The van der Waals surface area contributed by atoms with Gasteiger partial charge in [0, 0.05) is 18.3 Å². The third kappa shape index (κ3) is 1.62. The summed E-state index contributed by atoms with van der Waals surface area (Å²) in [5.41, 5.74) is 3.32. The molecule has 0 amide bonds. The van der Waals surface area contributed by atoms with E-state index in [0.717, 1.165) is 49.8 Å². The Hall–Kier alpha value is -2.08. The van der Waals surface area contributed by atoms with Gasteiger partial charge >= 0.3 is 0 Å². The second kappa shape index (κ2) is 4.46. The van der Waals surface area contributed by atoms with Crippen molar-refractivity contribution in [2.24, 2.45) is 10.4 Å². The van der Waals surface area contributed by atoms with Crippen LogP contribution in [0.5, 0.6) is 0 Å². The zero-order chi connectivity index (χ0) is 14.4. The minimum Gasteiger partial charge on any atom is -0.371 e. The van der Waals surface area contributed by atoms with E-state index in [-0.39, 0.29) is 5.41 Å². The van der Waals surface area contributed by atoms with E-state index in [1.54, 1.807) is 0 Å². The number of hydrogen-bond acceptors (Lipinski definition) is 3. The van der Waals surface area contributed by atoms with Gasteiger partial charge in [-0.2, -0.15) is 5.26 Å². The summed E-state index contributed by atoms with van der Waals surface area (Å²) >= 11 is 0. The SMILES string of the molecule is CCC1(C#N)CCCN2CCC3=c4ccccc4=NC3=C21. The molecule has 1 unspecified atom stereocenters. The molecule has 0 spiro atoms. The summed E-state index contributed by atoms with van der Waals surface area (Å²) in [7, 11) is 0. The number of allylic oxidation sites excluding steroid dienone is 2. The average Bonchev–Trinajstić information content (AvgIpc) is 2.92. The molecule has 0 N–H and O–H groups in total. The van der Waals surface area contributed by atoms with Crippen molar-refractivity contribution < 1.29 is 0 Å². The van der Waals surface area contributed by atoms with Crippen LogP contribution in [0.3, 0.4) is 0 Å². The molecular formula is C18H19N3. The number of benzene rings is 1. The van der Waals surface area contributed by atoms with Gasteiger partial charge in [0.2, 0.25) is 0 Å². The van der Waals surface area contributed by atoms with Crippen LogP contribution in [0.25, 0.3) is 5.57 Å². The van der Waals surface area contributed by atoms with Gasteiger partial charge in [-0.15, -0.1) is 0 Å². The van der Waals surface area contributed by atoms with Gasteiger partial charge in [0.1, 0.15) is 0 Å². The maximum Gasteiger partial charge on any atom is 0.0989 e. The molecule has 3 aliphatic heterocycles. The van der Waals surface area contributed by atoms with E-state index in [1.807, 2.05) is 6.07 Å². The van der Waals surface area contributed by atoms with E-state index in [2.05, 4.69) is 36.1 Å². The number of hydrogen-bond donors (Lipinski definition) is 0. The number of nitriles is 1. The number of fused-ring (bicyclic) bond motifs is 3. The van der Waals surface area contributed by atoms with Crippen molar-refractivity contribution in [3.05, 3.63) is 46.2 Å². The van der Waals surface area contributed by atoms with Crippen molar-refractivity contribution in [2.45, 2.75) is 32.6 Å². The Labute approximate surface area is 124 Å². The standard InChI is InChI=1S/C18H19N3/c1-2-18(12-19)9-5-10-21-11-8-14-13-6-3-4-7-15(13)20-16(14)17(18)21/h3-4,6-7H,2,5,8-11H2,1H3. The number of nitrogens with zero attached hydrogens (tertiary/aromatic N) is 3. The zero-order valence-electron chi connectivity index (χ0n) is 12.4. The summed E-state index contributed by atoms with van der Waals surface area (Å²) in [4.78, 5) is 7.32. The summed E-state index contributed by atoms with van der Waals surface area (Å²) in [5.74, 6) is 0. The Kier molecular flexibility index (Phi) is 2.68. The van der Waals surface area contributed by atoms with E-state index in [0.29, 0.717) is 0 Å². The molecule has 1 fully saturated rings. The molecule has 0 aliphatic carbocycles. The first-order valence-corrected chi connectivity index (χ1v) is 7.87. The topological polar surface area (TPSA) is 39.4 Å². The fraction of sp³-hybridized carbons (Fsp3) is 0.444. The largest absolute Gasteiger partial charge is 0.371 e. The monoisotopic (exact) mass is 277 g/mol. The van der Waals surface area contributed by atoms with Crippen LogP contribution in [0.1, 0.15) is 32.6 Å². The van der Waals surface area contributed by atoms with Crippen molar-refractivity contribution in [3.63, 3.8) is 0 Å².